The number of carbonyl (C=O) groups excluding carboxylic acids is 1. The summed E-state index contributed by atoms with van der Waals surface area (Å²) in [5, 5.41) is 0. The monoisotopic (exact) mass is 238 g/mol. The van der Waals surface area contributed by atoms with E-state index in [9.17, 15) is 9.18 Å². The van der Waals surface area contributed by atoms with Gasteiger partial charge in [0.2, 0.25) is 5.91 Å². The van der Waals surface area contributed by atoms with Crippen LogP contribution in [0.5, 0.6) is 0 Å². The Balaban J connectivity index is 2.20. The van der Waals surface area contributed by atoms with Crippen LogP contribution in [0.2, 0.25) is 0 Å². The Bertz CT molecular complexity index is 427. The van der Waals surface area contributed by atoms with E-state index in [1.165, 1.54) is 17.0 Å². The van der Waals surface area contributed by atoms with Crippen LogP contribution in [0.1, 0.15) is 0 Å². The van der Waals surface area contributed by atoms with Gasteiger partial charge in [0.05, 0.1) is 13.2 Å². The molecule has 17 heavy (non-hydrogen) atoms. The van der Waals surface area contributed by atoms with E-state index in [1.54, 1.807) is 19.2 Å². The van der Waals surface area contributed by atoms with Gasteiger partial charge in [-0.2, -0.15) is 0 Å². The van der Waals surface area contributed by atoms with Crippen molar-refractivity contribution in [3.63, 3.8) is 0 Å². The second kappa shape index (κ2) is 4.43. The van der Waals surface area contributed by atoms with Crippen molar-refractivity contribution in [2.75, 3.05) is 31.7 Å². The molecule has 0 saturated carbocycles. The van der Waals surface area contributed by atoms with Crippen LogP contribution < -0.4 is 10.6 Å². The first kappa shape index (κ1) is 12.0. The molecule has 0 spiro atoms. The van der Waals surface area contributed by atoms with Gasteiger partial charge in [-0.25, -0.2) is 4.39 Å². The van der Waals surface area contributed by atoms with Crippen LogP contribution in [0.4, 0.5) is 10.1 Å². The molecule has 2 N–H and O–H groups in total. The normalized spacial score (nSPS) is 17.4. The fourth-order valence-corrected chi connectivity index (χ4v) is 1.83. The minimum absolute atomic E-state index is 0.128. The van der Waals surface area contributed by atoms with Gasteiger partial charge in [0.25, 0.3) is 0 Å². The summed E-state index contributed by atoms with van der Waals surface area (Å²) in [5.41, 5.74) is 5.50. The third-order valence-corrected chi connectivity index (χ3v) is 3.10. The molecule has 1 aromatic carbocycles. The molecule has 1 saturated heterocycles. The smallest absolute Gasteiger partial charge is 0.238 e. The van der Waals surface area contributed by atoms with Crippen molar-refractivity contribution in [1.29, 1.82) is 0 Å². The summed E-state index contributed by atoms with van der Waals surface area (Å²) in [6.07, 6.45) is 0. The Morgan fingerprint density at radius 3 is 2.76 bits per heavy atom. The number of halogens is 1. The lowest BCUT2D eigenvalue weighted by molar-refractivity contribution is -0.156. The van der Waals surface area contributed by atoms with Gasteiger partial charge in [-0.05, 0) is 18.2 Å². The van der Waals surface area contributed by atoms with Crippen molar-refractivity contribution in [3.05, 3.63) is 30.1 Å². The molecule has 1 aromatic rings. The highest BCUT2D eigenvalue weighted by Gasteiger charge is 2.46. The molecule has 0 aliphatic carbocycles. The van der Waals surface area contributed by atoms with Gasteiger partial charge < -0.3 is 15.4 Å². The summed E-state index contributed by atoms with van der Waals surface area (Å²) < 4.78 is 18.1. The Hall–Kier alpha value is -1.46. The number of anilines is 1. The lowest BCUT2D eigenvalue weighted by Crippen LogP contribution is -2.58. The molecule has 5 heteroatoms. The van der Waals surface area contributed by atoms with Gasteiger partial charge in [0.1, 0.15) is 11.2 Å². The molecule has 0 aromatic heterocycles. The maximum absolute atomic E-state index is 13.1. The Morgan fingerprint density at radius 2 is 2.29 bits per heavy atom. The highest BCUT2D eigenvalue weighted by molar-refractivity contribution is 5.98. The Morgan fingerprint density at radius 1 is 1.59 bits per heavy atom. The van der Waals surface area contributed by atoms with E-state index < -0.39 is 5.41 Å². The van der Waals surface area contributed by atoms with E-state index in [0.717, 1.165) is 0 Å². The van der Waals surface area contributed by atoms with E-state index in [1.807, 2.05) is 0 Å². The summed E-state index contributed by atoms with van der Waals surface area (Å²) in [5.74, 6) is -0.495. The fraction of sp³-hybridized carbons (Fsp3) is 0.417. The number of amides is 1. The maximum atomic E-state index is 13.1. The number of nitrogens with zero attached hydrogens (tertiary/aromatic N) is 1. The lowest BCUT2D eigenvalue weighted by atomic mass is 9.84. The highest BCUT2D eigenvalue weighted by Crippen LogP contribution is 2.30. The molecule has 0 unspecified atom stereocenters. The van der Waals surface area contributed by atoms with Crippen molar-refractivity contribution in [1.82, 2.24) is 0 Å². The topological polar surface area (TPSA) is 55.6 Å². The van der Waals surface area contributed by atoms with Crippen LogP contribution >= 0.6 is 0 Å². The minimum Gasteiger partial charge on any atom is -0.379 e. The van der Waals surface area contributed by atoms with Crippen molar-refractivity contribution in [2.45, 2.75) is 0 Å². The van der Waals surface area contributed by atoms with E-state index in [0.29, 0.717) is 18.9 Å². The first-order valence-electron chi connectivity index (χ1n) is 5.41. The number of hydrogen-bond acceptors (Lipinski definition) is 3. The molecule has 0 atom stereocenters. The zero-order valence-electron chi connectivity index (χ0n) is 9.65. The number of hydrogen-bond donors (Lipinski definition) is 1. The summed E-state index contributed by atoms with van der Waals surface area (Å²) in [7, 11) is 1.62. The van der Waals surface area contributed by atoms with Crippen LogP contribution in [0, 0.1) is 11.2 Å². The molecule has 1 amide bonds. The van der Waals surface area contributed by atoms with Crippen molar-refractivity contribution >= 4 is 11.6 Å². The molecule has 0 bridgehead atoms. The van der Waals surface area contributed by atoms with E-state index in [-0.39, 0.29) is 18.3 Å². The van der Waals surface area contributed by atoms with Crippen LogP contribution in [-0.4, -0.2) is 32.7 Å². The summed E-state index contributed by atoms with van der Waals surface area (Å²) in [4.78, 5) is 13.7. The van der Waals surface area contributed by atoms with Gasteiger partial charge in [0.15, 0.2) is 0 Å². The first-order chi connectivity index (χ1) is 8.09. The van der Waals surface area contributed by atoms with Crippen LogP contribution in [0.3, 0.4) is 0 Å². The van der Waals surface area contributed by atoms with Crippen LogP contribution in [0.25, 0.3) is 0 Å². The van der Waals surface area contributed by atoms with Crippen LogP contribution in [0.15, 0.2) is 24.3 Å². The predicted octanol–water partition coefficient (Wildman–Crippen LogP) is 0.764. The molecule has 1 aliphatic heterocycles. The second-order valence-corrected chi connectivity index (χ2v) is 4.32. The number of nitrogens with two attached hydrogens (primary N) is 1. The molecule has 0 radical (unpaired) electrons. The van der Waals surface area contributed by atoms with E-state index in [4.69, 9.17) is 10.5 Å². The summed E-state index contributed by atoms with van der Waals surface area (Å²) in [6, 6.07) is 5.92. The van der Waals surface area contributed by atoms with Crippen molar-refractivity contribution < 1.29 is 13.9 Å². The number of carbonyl (C=O) groups is 1. The van der Waals surface area contributed by atoms with Gasteiger partial charge in [0, 0.05) is 19.3 Å². The molecule has 1 aliphatic rings. The standard InChI is InChI=1S/C12H15FN2O2/c1-15(10-4-2-3-9(13)5-10)11(16)12(6-14)7-17-8-12/h2-5H,6-8,14H2,1H3. The molecular weight excluding hydrogens is 223 g/mol. The summed E-state index contributed by atoms with van der Waals surface area (Å²) in [6.45, 7) is 0.912. The Kier molecular flexibility index (Phi) is 3.13. The zero-order chi connectivity index (χ0) is 12.5. The van der Waals surface area contributed by atoms with Crippen LogP contribution in [-0.2, 0) is 9.53 Å². The van der Waals surface area contributed by atoms with Crippen molar-refractivity contribution in [3.8, 4) is 0 Å². The number of benzene rings is 1. The molecule has 2 rings (SSSR count). The second-order valence-electron chi connectivity index (χ2n) is 4.32. The lowest BCUT2D eigenvalue weighted by Gasteiger charge is -2.41. The fourth-order valence-electron chi connectivity index (χ4n) is 1.83. The average Bonchev–Trinajstić information content (AvgIpc) is 2.27. The predicted molar refractivity (Wildman–Crippen MR) is 62.1 cm³/mol. The third kappa shape index (κ3) is 2.03. The average molecular weight is 238 g/mol. The quantitative estimate of drug-likeness (QED) is 0.846. The first-order valence-corrected chi connectivity index (χ1v) is 5.41. The highest BCUT2D eigenvalue weighted by atomic mass is 19.1. The third-order valence-electron chi connectivity index (χ3n) is 3.10. The van der Waals surface area contributed by atoms with Gasteiger partial charge in [-0.3, -0.25) is 4.79 Å². The van der Waals surface area contributed by atoms with Crippen molar-refractivity contribution in [2.24, 2.45) is 11.1 Å². The molecule has 4 nitrogen and oxygen atoms in total. The molecular formula is C12H15FN2O2. The number of rotatable bonds is 3. The minimum atomic E-state index is -0.638. The zero-order valence-corrected chi connectivity index (χ0v) is 9.65. The Labute approximate surface area is 99.2 Å². The SMILES string of the molecule is CN(C(=O)C1(CN)COC1)c1cccc(F)c1. The molecule has 1 fully saturated rings. The van der Waals surface area contributed by atoms with E-state index >= 15 is 0 Å². The maximum Gasteiger partial charge on any atom is 0.238 e. The van der Waals surface area contributed by atoms with Gasteiger partial charge >= 0.3 is 0 Å². The molecule has 1 heterocycles. The molecule has 92 valence electrons. The van der Waals surface area contributed by atoms with Gasteiger partial charge in [-0.15, -0.1) is 0 Å². The van der Waals surface area contributed by atoms with E-state index in [2.05, 4.69) is 0 Å². The van der Waals surface area contributed by atoms with Gasteiger partial charge in [-0.1, -0.05) is 6.07 Å². The largest absolute Gasteiger partial charge is 0.379 e. The number of ether oxygens (including phenoxy) is 1. The summed E-state index contributed by atoms with van der Waals surface area (Å²) >= 11 is 0.